The number of thioether (sulfide) groups is 1. The number of benzene rings is 1. The van der Waals surface area contributed by atoms with Crippen molar-refractivity contribution in [1.82, 2.24) is 20.0 Å². The molecule has 1 aliphatic rings. The number of rotatable bonds is 2. The first kappa shape index (κ1) is 13.7. The zero-order valence-electron chi connectivity index (χ0n) is 11.5. The third kappa shape index (κ3) is 2.38. The van der Waals surface area contributed by atoms with E-state index in [1.54, 1.807) is 16.4 Å². The fourth-order valence-electron chi connectivity index (χ4n) is 2.14. The molecule has 0 atom stereocenters. The number of halogens is 1. The van der Waals surface area contributed by atoms with Crippen LogP contribution in [0.1, 0.15) is 11.3 Å². The van der Waals surface area contributed by atoms with Crippen LogP contribution >= 0.6 is 27.7 Å². The topological polar surface area (TPSA) is 69.1 Å². The summed E-state index contributed by atoms with van der Waals surface area (Å²) in [6.07, 6.45) is 0. The highest BCUT2D eigenvalue weighted by molar-refractivity contribution is 9.10. The van der Waals surface area contributed by atoms with E-state index in [2.05, 4.69) is 36.4 Å². The predicted molar refractivity (Wildman–Crippen MR) is 87.1 cm³/mol. The van der Waals surface area contributed by atoms with Gasteiger partial charge >= 0.3 is 0 Å². The Kier molecular flexibility index (Phi) is 3.34. The summed E-state index contributed by atoms with van der Waals surface area (Å²) in [7, 11) is 0. The molecular weight excluding hydrogens is 366 g/mol. The number of nitrogens with zero attached hydrogens (tertiary/aromatic N) is 5. The first-order chi connectivity index (χ1) is 10.7. The van der Waals surface area contributed by atoms with Crippen LogP contribution in [0, 0.1) is 6.92 Å². The van der Waals surface area contributed by atoms with E-state index in [9.17, 15) is 0 Å². The summed E-state index contributed by atoms with van der Waals surface area (Å²) in [6.45, 7) is 1.84. The van der Waals surface area contributed by atoms with Crippen LogP contribution in [-0.2, 0) is 0 Å². The van der Waals surface area contributed by atoms with Crippen molar-refractivity contribution in [2.45, 2.75) is 12.1 Å². The summed E-state index contributed by atoms with van der Waals surface area (Å²) in [5, 5.41) is 17.8. The maximum Gasteiger partial charge on any atom is 0.212 e. The highest BCUT2D eigenvalue weighted by atomic mass is 79.9. The Bertz CT molecular complexity index is 868. The molecule has 0 N–H and O–H groups in total. The molecule has 1 aromatic carbocycles. The molecule has 0 saturated carbocycles. The Balaban J connectivity index is 1.78. The normalized spacial score (nSPS) is 13.8. The first-order valence-corrected chi connectivity index (χ1v) is 8.34. The van der Waals surface area contributed by atoms with Gasteiger partial charge in [0.2, 0.25) is 11.0 Å². The third-order valence-corrected chi connectivity index (χ3v) is 4.66. The number of aryl methyl sites for hydroxylation is 1. The van der Waals surface area contributed by atoms with Crippen LogP contribution in [0.25, 0.3) is 11.5 Å². The van der Waals surface area contributed by atoms with Gasteiger partial charge in [-0.15, -0.1) is 10.2 Å². The largest absolute Gasteiger partial charge is 0.361 e. The Hall–Kier alpha value is -1.93. The molecule has 22 heavy (non-hydrogen) atoms. The fraction of sp³-hybridized carbons (Fsp3) is 0.143. The molecule has 0 saturated heterocycles. The fourth-order valence-corrected chi connectivity index (χ4v) is 3.25. The lowest BCUT2D eigenvalue weighted by molar-refractivity contribution is 0.399. The van der Waals surface area contributed by atoms with Crippen molar-refractivity contribution in [2.24, 2.45) is 5.10 Å². The van der Waals surface area contributed by atoms with Crippen LogP contribution < -0.4 is 0 Å². The summed E-state index contributed by atoms with van der Waals surface area (Å²) < 4.78 is 7.88. The van der Waals surface area contributed by atoms with Crippen LogP contribution in [0.5, 0.6) is 0 Å². The maximum atomic E-state index is 5.11. The van der Waals surface area contributed by atoms with Crippen LogP contribution in [-0.4, -0.2) is 31.5 Å². The van der Waals surface area contributed by atoms with Gasteiger partial charge < -0.3 is 4.52 Å². The van der Waals surface area contributed by atoms with Crippen molar-refractivity contribution in [1.29, 1.82) is 0 Å². The summed E-state index contributed by atoms with van der Waals surface area (Å²) in [4.78, 5) is 0. The minimum Gasteiger partial charge on any atom is -0.361 e. The molecule has 0 radical (unpaired) electrons. The number of hydrogen-bond acceptors (Lipinski definition) is 6. The Labute approximate surface area is 138 Å². The van der Waals surface area contributed by atoms with Gasteiger partial charge in [0, 0.05) is 16.3 Å². The first-order valence-electron chi connectivity index (χ1n) is 6.56. The van der Waals surface area contributed by atoms with Crippen LogP contribution in [0.2, 0.25) is 0 Å². The lowest BCUT2D eigenvalue weighted by Crippen LogP contribution is -2.13. The molecule has 3 aromatic rings. The quantitative estimate of drug-likeness (QED) is 0.686. The smallest absolute Gasteiger partial charge is 0.212 e. The van der Waals surface area contributed by atoms with Crippen molar-refractivity contribution in [2.75, 3.05) is 5.75 Å². The van der Waals surface area contributed by atoms with Crippen molar-refractivity contribution in [3.63, 3.8) is 0 Å². The molecule has 0 aliphatic carbocycles. The minimum atomic E-state index is 0.591. The van der Waals surface area contributed by atoms with Crippen LogP contribution in [0.3, 0.4) is 0 Å². The Morgan fingerprint density at radius 1 is 1.23 bits per heavy atom. The highest BCUT2D eigenvalue weighted by Gasteiger charge is 2.22. The monoisotopic (exact) mass is 375 g/mol. The highest BCUT2D eigenvalue weighted by Crippen LogP contribution is 2.28. The molecule has 4 rings (SSSR count). The van der Waals surface area contributed by atoms with E-state index >= 15 is 0 Å². The molecule has 2 aromatic heterocycles. The van der Waals surface area contributed by atoms with E-state index in [0.717, 1.165) is 32.4 Å². The second-order valence-electron chi connectivity index (χ2n) is 4.78. The van der Waals surface area contributed by atoms with Crippen LogP contribution in [0.4, 0.5) is 0 Å². The Morgan fingerprint density at radius 2 is 2.05 bits per heavy atom. The van der Waals surface area contributed by atoms with Gasteiger partial charge in [-0.2, -0.15) is 9.78 Å². The van der Waals surface area contributed by atoms with Gasteiger partial charge in [0.1, 0.15) is 5.76 Å². The molecular formula is C14H10BrN5OS. The molecule has 0 fully saturated rings. The number of fused-ring (bicyclic) bond motifs is 1. The van der Waals surface area contributed by atoms with E-state index in [1.807, 2.05) is 37.3 Å². The number of hydrogen-bond donors (Lipinski definition) is 0. The molecule has 1 aliphatic heterocycles. The molecule has 0 spiro atoms. The van der Waals surface area contributed by atoms with Gasteiger partial charge in [-0.25, -0.2) is 0 Å². The minimum absolute atomic E-state index is 0.591. The zero-order chi connectivity index (χ0) is 15.1. The molecule has 8 heteroatoms. The van der Waals surface area contributed by atoms with E-state index in [4.69, 9.17) is 4.52 Å². The average molecular weight is 376 g/mol. The molecule has 3 heterocycles. The van der Waals surface area contributed by atoms with E-state index in [1.165, 1.54) is 0 Å². The van der Waals surface area contributed by atoms with E-state index < -0.39 is 0 Å². The van der Waals surface area contributed by atoms with Gasteiger partial charge in [0.05, 0.1) is 5.71 Å². The van der Waals surface area contributed by atoms with Crippen molar-refractivity contribution in [3.05, 3.63) is 46.1 Å². The SMILES string of the molecule is Cc1cc(-c2nnc3n2N=C(c2ccc(Br)cc2)CS3)no1. The van der Waals surface area contributed by atoms with Gasteiger partial charge in [0.15, 0.2) is 5.69 Å². The van der Waals surface area contributed by atoms with Gasteiger partial charge in [-0.3, -0.25) is 0 Å². The lowest BCUT2D eigenvalue weighted by Gasteiger charge is -2.13. The summed E-state index contributed by atoms with van der Waals surface area (Å²) >= 11 is 5.05. The van der Waals surface area contributed by atoms with E-state index in [-0.39, 0.29) is 0 Å². The van der Waals surface area contributed by atoms with Gasteiger partial charge in [0.25, 0.3) is 0 Å². The second-order valence-corrected chi connectivity index (χ2v) is 6.64. The van der Waals surface area contributed by atoms with Crippen LogP contribution in [0.15, 0.2) is 49.6 Å². The summed E-state index contributed by atoms with van der Waals surface area (Å²) in [6, 6.07) is 9.92. The summed E-state index contributed by atoms with van der Waals surface area (Å²) in [5.41, 5.74) is 2.70. The van der Waals surface area contributed by atoms with E-state index in [0.29, 0.717) is 11.5 Å². The third-order valence-electron chi connectivity index (χ3n) is 3.21. The van der Waals surface area contributed by atoms with Gasteiger partial charge in [-0.05, 0) is 24.6 Å². The second kappa shape index (κ2) is 5.36. The van der Waals surface area contributed by atoms with Crippen molar-refractivity contribution >= 4 is 33.4 Å². The zero-order valence-corrected chi connectivity index (χ0v) is 13.9. The Morgan fingerprint density at radius 3 is 2.77 bits per heavy atom. The molecule has 6 nitrogen and oxygen atoms in total. The average Bonchev–Trinajstić information content (AvgIpc) is 3.13. The molecule has 0 unspecified atom stereocenters. The predicted octanol–water partition coefficient (Wildman–Crippen LogP) is 3.36. The van der Waals surface area contributed by atoms with Crippen molar-refractivity contribution in [3.8, 4) is 11.5 Å². The van der Waals surface area contributed by atoms with Gasteiger partial charge in [-0.1, -0.05) is 45.0 Å². The molecule has 110 valence electrons. The van der Waals surface area contributed by atoms with Crippen molar-refractivity contribution < 1.29 is 4.52 Å². The maximum absolute atomic E-state index is 5.11. The molecule has 0 amide bonds. The number of aromatic nitrogens is 4. The molecule has 0 bridgehead atoms. The summed E-state index contributed by atoms with van der Waals surface area (Å²) in [5.74, 6) is 2.08. The lowest BCUT2D eigenvalue weighted by atomic mass is 10.1. The standard InChI is InChI=1S/C14H10BrN5OS/c1-8-6-11(19-21-8)13-16-17-14-20(13)18-12(7-22-14)9-2-4-10(15)5-3-9/h2-6H,7H2,1H3.